The van der Waals surface area contributed by atoms with E-state index in [2.05, 4.69) is 0 Å². The molecule has 0 spiro atoms. The molecule has 3 aromatic carbocycles. The zero-order chi connectivity index (χ0) is 13.9. The van der Waals surface area contributed by atoms with Gasteiger partial charge in [-0.3, -0.25) is 0 Å². The molecule has 0 aromatic heterocycles. The maximum absolute atomic E-state index is 14.2. The van der Waals surface area contributed by atoms with Gasteiger partial charge < -0.3 is 4.74 Å². The highest BCUT2D eigenvalue weighted by atomic mass is 35.5. The molecule has 0 aliphatic rings. The molecule has 0 radical (unpaired) electrons. The topological polar surface area (TPSA) is 9.23 Å². The number of ether oxygens (including phenoxy) is 1. The summed E-state index contributed by atoms with van der Waals surface area (Å²) in [7, 11) is 0. The lowest BCUT2D eigenvalue weighted by Crippen LogP contribution is -1.97. The van der Waals surface area contributed by atoms with Crippen molar-refractivity contribution in [1.29, 1.82) is 0 Å². The highest BCUT2D eigenvalue weighted by Crippen LogP contribution is 2.34. The van der Waals surface area contributed by atoms with Crippen molar-refractivity contribution in [3.8, 4) is 5.75 Å². The van der Waals surface area contributed by atoms with Gasteiger partial charge in [0.2, 0.25) is 0 Å². The van der Waals surface area contributed by atoms with Crippen LogP contribution in [0.2, 0.25) is 5.02 Å². The quantitative estimate of drug-likeness (QED) is 0.642. The normalized spacial score (nSPS) is 10.7. The van der Waals surface area contributed by atoms with Crippen molar-refractivity contribution < 1.29 is 9.13 Å². The van der Waals surface area contributed by atoms with E-state index < -0.39 is 5.82 Å². The van der Waals surface area contributed by atoms with E-state index in [4.69, 9.17) is 16.3 Å². The number of rotatable bonds is 3. The minimum absolute atomic E-state index is 0.0274. The first-order valence-electron chi connectivity index (χ1n) is 6.29. The van der Waals surface area contributed by atoms with Gasteiger partial charge in [-0.15, -0.1) is 0 Å². The van der Waals surface area contributed by atoms with Crippen LogP contribution in [0.4, 0.5) is 4.39 Å². The van der Waals surface area contributed by atoms with Gasteiger partial charge in [-0.25, -0.2) is 4.39 Å². The van der Waals surface area contributed by atoms with E-state index in [0.29, 0.717) is 17.7 Å². The van der Waals surface area contributed by atoms with Gasteiger partial charge >= 0.3 is 0 Å². The van der Waals surface area contributed by atoms with Crippen LogP contribution in [-0.4, -0.2) is 0 Å². The van der Waals surface area contributed by atoms with Gasteiger partial charge in [0.1, 0.15) is 17.4 Å². The molecule has 20 heavy (non-hydrogen) atoms. The first kappa shape index (κ1) is 12.9. The Balaban J connectivity index is 1.94. The summed E-state index contributed by atoms with van der Waals surface area (Å²) in [6.45, 7) is 0.359. The SMILES string of the molecule is Fc1c(Cl)c(OCc2ccccc2)cc2ccccc12. The van der Waals surface area contributed by atoms with E-state index in [1.807, 2.05) is 42.5 Å². The summed E-state index contributed by atoms with van der Waals surface area (Å²) in [4.78, 5) is 0. The Morgan fingerprint density at radius 2 is 1.65 bits per heavy atom. The number of hydrogen-bond acceptors (Lipinski definition) is 1. The van der Waals surface area contributed by atoms with Crippen LogP contribution in [0.25, 0.3) is 10.8 Å². The summed E-state index contributed by atoms with van der Waals surface area (Å²) in [6.07, 6.45) is 0. The van der Waals surface area contributed by atoms with E-state index in [9.17, 15) is 4.39 Å². The third kappa shape index (κ3) is 2.47. The summed E-state index contributed by atoms with van der Waals surface area (Å²) in [5.74, 6) is -0.0699. The lowest BCUT2D eigenvalue weighted by molar-refractivity contribution is 0.305. The van der Waals surface area contributed by atoms with Crippen molar-refractivity contribution in [3.05, 3.63) is 77.1 Å². The van der Waals surface area contributed by atoms with Gasteiger partial charge in [0.05, 0.1) is 0 Å². The van der Waals surface area contributed by atoms with Crippen LogP contribution in [0, 0.1) is 5.82 Å². The second-order valence-corrected chi connectivity index (χ2v) is 4.88. The summed E-state index contributed by atoms with van der Waals surface area (Å²) in [6, 6.07) is 18.7. The summed E-state index contributed by atoms with van der Waals surface area (Å²) < 4.78 is 19.8. The molecule has 3 aromatic rings. The van der Waals surface area contributed by atoms with Gasteiger partial charge in [-0.2, -0.15) is 0 Å². The lowest BCUT2D eigenvalue weighted by Gasteiger charge is -2.10. The average molecular weight is 287 g/mol. The second-order valence-electron chi connectivity index (χ2n) is 4.50. The van der Waals surface area contributed by atoms with Gasteiger partial charge in [0, 0.05) is 5.39 Å². The van der Waals surface area contributed by atoms with E-state index in [-0.39, 0.29) is 5.02 Å². The molecular weight excluding hydrogens is 275 g/mol. The van der Waals surface area contributed by atoms with Gasteiger partial charge in [0.15, 0.2) is 5.82 Å². The van der Waals surface area contributed by atoms with Gasteiger partial charge in [-0.1, -0.05) is 66.2 Å². The Morgan fingerprint density at radius 3 is 2.45 bits per heavy atom. The van der Waals surface area contributed by atoms with Crippen molar-refractivity contribution in [2.45, 2.75) is 6.61 Å². The van der Waals surface area contributed by atoms with Crippen molar-refractivity contribution in [2.24, 2.45) is 0 Å². The highest BCUT2D eigenvalue weighted by molar-refractivity contribution is 6.33. The lowest BCUT2D eigenvalue weighted by atomic mass is 10.1. The molecule has 0 heterocycles. The van der Waals surface area contributed by atoms with Crippen molar-refractivity contribution in [2.75, 3.05) is 0 Å². The predicted molar refractivity (Wildman–Crippen MR) is 79.7 cm³/mol. The van der Waals surface area contributed by atoms with E-state index in [1.165, 1.54) is 0 Å². The first-order chi connectivity index (χ1) is 9.75. The molecule has 0 unspecified atom stereocenters. The van der Waals surface area contributed by atoms with Crippen LogP contribution >= 0.6 is 11.6 Å². The molecule has 0 aliphatic heterocycles. The Bertz CT molecular complexity index is 741. The number of hydrogen-bond donors (Lipinski definition) is 0. The molecule has 100 valence electrons. The molecule has 1 nitrogen and oxygen atoms in total. The highest BCUT2D eigenvalue weighted by Gasteiger charge is 2.12. The molecule has 0 aliphatic carbocycles. The standard InChI is InChI=1S/C17H12ClFO/c18-16-15(20-11-12-6-2-1-3-7-12)10-13-8-4-5-9-14(13)17(16)19/h1-10H,11H2. The maximum Gasteiger partial charge on any atom is 0.153 e. The first-order valence-corrected chi connectivity index (χ1v) is 6.67. The number of fused-ring (bicyclic) bond motifs is 1. The monoisotopic (exact) mass is 286 g/mol. The van der Waals surface area contributed by atoms with E-state index in [0.717, 1.165) is 10.9 Å². The molecule has 0 N–H and O–H groups in total. The molecule has 0 bridgehead atoms. The van der Waals surface area contributed by atoms with Crippen molar-refractivity contribution >= 4 is 22.4 Å². The minimum Gasteiger partial charge on any atom is -0.487 e. The number of halogens is 2. The predicted octanol–water partition coefficient (Wildman–Crippen LogP) is 5.21. The molecule has 0 atom stereocenters. The number of benzene rings is 3. The molecular formula is C17H12ClFO. The molecule has 0 amide bonds. The molecule has 3 heteroatoms. The minimum atomic E-state index is -0.437. The van der Waals surface area contributed by atoms with Gasteiger partial charge in [-0.05, 0) is 17.0 Å². The van der Waals surface area contributed by atoms with Crippen LogP contribution in [0.1, 0.15) is 5.56 Å². The largest absolute Gasteiger partial charge is 0.487 e. The van der Waals surface area contributed by atoms with Crippen LogP contribution in [0.15, 0.2) is 60.7 Å². The van der Waals surface area contributed by atoms with Crippen LogP contribution in [0.3, 0.4) is 0 Å². The van der Waals surface area contributed by atoms with Crippen LogP contribution in [-0.2, 0) is 6.61 Å². The van der Waals surface area contributed by atoms with Crippen molar-refractivity contribution in [3.63, 3.8) is 0 Å². The Morgan fingerprint density at radius 1 is 0.950 bits per heavy atom. The van der Waals surface area contributed by atoms with Crippen molar-refractivity contribution in [1.82, 2.24) is 0 Å². The third-order valence-electron chi connectivity index (χ3n) is 3.13. The van der Waals surface area contributed by atoms with Crippen LogP contribution in [0.5, 0.6) is 5.75 Å². The Hall–Kier alpha value is -2.06. The second kappa shape index (κ2) is 5.51. The Labute approximate surface area is 121 Å². The third-order valence-corrected chi connectivity index (χ3v) is 3.48. The molecule has 0 fully saturated rings. The maximum atomic E-state index is 14.2. The van der Waals surface area contributed by atoms with Crippen LogP contribution < -0.4 is 4.74 Å². The molecule has 3 rings (SSSR count). The molecule has 0 saturated heterocycles. The average Bonchev–Trinajstić information content (AvgIpc) is 2.50. The van der Waals surface area contributed by atoms with Gasteiger partial charge in [0.25, 0.3) is 0 Å². The fourth-order valence-corrected chi connectivity index (χ4v) is 2.31. The zero-order valence-corrected chi connectivity index (χ0v) is 11.4. The molecule has 0 saturated carbocycles. The summed E-state index contributed by atoms with van der Waals surface area (Å²) in [5.41, 5.74) is 1.01. The van der Waals surface area contributed by atoms with E-state index in [1.54, 1.807) is 18.2 Å². The van der Waals surface area contributed by atoms with E-state index >= 15 is 0 Å². The summed E-state index contributed by atoms with van der Waals surface area (Å²) in [5, 5.41) is 1.31. The fourth-order valence-electron chi connectivity index (χ4n) is 2.09. The zero-order valence-electron chi connectivity index (χ0n) is 10.6. The smallest absolute Gasteiger partial charge is 0.153 e. The fraction of sp³-hybridized carbons (Fsp3) is 0.0588. The summed E-state index contributed by atoms with van der Waals surface area (Å²) >= 11 is 6.04. The Kier molecular flexibility index (Phi) is 3.57.